The van der Waals surface area contributed by atoms with Crippen LogP contribution < -0.4 is 5.43 Å². The summed E-state index contributed by atoms with van der Waals surface area (Å²) in [6.07, 6.45) is 0. The molecule has 1 aromatic heterocycles. The summed E-state index contributed by atoms with van der Waals surface area (Å²) >= 11 is 0. The van der Waals surface area contributed by atoms with Crippen molar-refractivity contribution in [2.45, 2.75) is 0 Å². The van der Waals surface area contributed by atoms with Crippen LogP contribution in [-0.2, 0) is 0 Å². The Morgan fingerprint density at radius 2 is 1.24 bits per heavy atom. The van der Waals surface area contributed by atoms with Crippen molar-refractivity contribution in [3.63, 3.8) is 0 Å². The molecule has 0 amide bonds. The Hall–Kier alpha value is -3.39. The molecule has 0 bridgehead atoms. The van der Waals surface area contributed by atoms with Gasteiger partial charge < -0.3 is 4.98 Å². The van der Waals surface area contributed by atoms with E-state index in [0.717, 1.165) is 43.7 Å². The number of benzene rings is 4. The summed E-state index contributed by atoms with van der Waals surface area (Å²) in [5.74, 6) is 0. The zero-order valence-corrected chi connectivity index (χ0v) is 13.5. The number of hydrogen-bond donors (Lipinski definition) is 1. The summed E-state index contributed by atoms with van der Waals surface area (Å²) in [7, 11) is 0. The largest absolute Gasteiger partial charge is 0.354 e. The van der Waals surface area contributed by atoms with E-state index >= 15 is 0 Å². The quantitative estimate of drug-likeness (QED) is 0.406. The van der Waals surface area contributed by atoms with Crippen LogP contribution >= 0.6 is 0 Å². The summed E-state index contributed by atoms with van der Waals surface area (Å²) in [5.41, 5.74) is 4.07. The molecule has 0 saturated carbocycles. The van der Waals surface area contributed by atoms with Crippen molar-refractivity contribution in [2.75, 3.05) is 0 Å². The molecule has 0 unspecified atom stereocenters. The number of rotatable bonds is 1. The van der Waals surface area contributed by atoms with Crippen molar-refractivity contribution in [3.05, 3.63) is 95.2 Å². The molecule has 25 heavy (non-hydrogen) atoms. The predicted molar refractivity (Wildman–Crippen MR) is 105 cm³/mol. The second-order valence-corrected chi connectivity index (χ2v) is 6.33. The highest BCUT2D eigenvalue weighted by Crippen LogP contribution is 2.25. The van der Waals surface area contributed by atoms with E-state index in [2.05, 4.69) is 35.3 Å². The van der Waals surface area contributed by atoms with Crippen LogP contribution in [0, 0.1) is 0 Å². The number of pyridine rings is 1. The normalized spacial score (nSPS) is 11.4. The van der Waals surface area contributed by atoms with Crippen molar-refractivity contribution in [1.82, 2.24) is 4.98 Å². The minimum Gasteiger partial charge on any atom is -0.354 e. The van der Waals surface area contributed by atoms with E-state index in [0.29, 0.717) is 0 Å². The van der Waals surface area contributed by atoms with E-state index in [1.54, 1.807) is 0 Å². The Morgan fingerprint density at radius 3 is 2.04 bits per heavy atom. The van der Waals surface area contributed by atoms with Crippen LogP contribution in [0.4, 0.5) is 0 Å². The Morgan fingerprint density at radius 1 is 0.560 bits per heavy atom. The number of fused-ring (bicyclic) bond motifs is 3. The van der Waals surface area contributed by atoms with Gasteiger partial charge in [-0.25, -0.2) is 0 Å². The third-order valence-corrected chi connectivity index (χ3v) is 4.77. The fraction of sp³-hybridized carbons (Fsp3) is 0. The summed E-state index contributed by atoms with van der Waals surface area (Å²) < 4.78 is 0. The lowest BCUT2D eigenvalue weighted by atomic mass is 10.0. The van der Waals surface area contributed by atoms with Gasteiger partial charge in [-0.1, -0.05) is 60.7 Å². The average molecular weight is 321 g/mol. The minimum absolute atomic E-state index is 0.0779. The second kappa shape index (κ2) is 5.32. The number of aromatic nitrogens is 1. The first-order valence-corrected chi connectivity index (χ1v) is 8.33. The second-order valence-electron chi connectivity index (χ2n) is 6.33. The van der Waals surface area contributed by atoms with E-state index in [9.17, 15) is 4.79 Å². The predicted octanol–water partition coefficient (Wildman–Crippen LogP) is 5.50. The fourth-order valence-corrected chi connectivity index (χ4v) is 3.48. The van der Waals surface area contributed by atoms with E-state index in [1.807, 2.05) is 54.6 Å². The molecule has 0 atom stereocenters. The number of H-pyrrole nitrogens is 1. The van der Waals surface area contributed by atoms with Crippen LogP contribution in [0.15, 0.2) is 89.7 Å². The topological polar surface area (TPSA) is 32.9 Å². The van der Waals surface area contributed by atoms with Crippen LogP contribution in [0.2, 0.25) is 0 Å². The molecule has 0 radical (unpaired) electrons. The maximum absolute atomic E-state index is 13.0. The molecule has 2 heteroatoms. The van der Waals surface area contributed by atoms with E-state index in [-0.39, 0.29) is 5.43 Å². The van der Waals surface area contributed by atoms with Crippen molar-refractivity contribution in [1.29, 1.82) is 0 Å². The van der Waals surface area contributed by atoms with Gasteiger partial charge in [-0.15, -0.1) is 0 Å². The summed E-state index contributed by atoms with van der Waals surface area (Å²) in [6, 6.07) is 28.3. The Kier molecular flexibility index (Phi) is 2.98. The van der Waals surface area contributed by atoms with Crippen LogP contribution in [-0.4, -0.2) is 4.98 Å². The first-order valence-electron chi connectivity index (χ1n) is 8.33. The summed E-state index contributed by atoms with van der Waals surface area (Å²) in [4.78, 5) is 16.4. The SMILES string of the molecule is O=c1c2ccc(-c3ccccc3)cc2[nH]c2cc3ccccc3cc12. The molecule has 0 aliphatic carbocycles. The molecule has 0 spiro atoms. The van der Waals surface area contributed by atoms with E-state index in [1.165, 1.54) is 0 Å². The molecule has 5 rings (SSSR count). The van der Waals surface area contributed by atoms with Crippen molar-refractivity contribution in [2.24, 2.45) is 0 Å². The fourth-order valence-electron chi connectivity index (χ4n) is 3.48. The Bertz CT molecular complexity index is 1300. The minimum atomic E-state index is 0.0779. The van der Waals surface area contributed by atoms with Gasteiger partial charge in [0.15, 0.2) is 5.43 Å². The average Bonchev–Trinajstić information content (AvgIpc) is 2.67. The van der Waals surface area contributed by atoms with Gasteiger partial charge in [0.05, 0.1) is 11.0 Å². The standard InChI is InChI=1S/C23H15NO/c25-23-19-11-10-18(15-6-2-1-3-7-15)14-21(19)24-22-13-17-9-5-4-8-16(17)12-20(22)23/h1-14H,(H,24,25). The molecule has 0 aliphatic rings. The van der Waals surface area contributed by atoms with Crippen molar-refractivity contribution in [3.8, 4) is 11.1 Å². The molecule has 0 saturated heterocycles. The van der Waals surface area contributed by atoms with E-state index in [4.69, 9.17) is 0 Å². The molecule has 1 heterocycles. The van der Waals surface area contributed by atoms with Gasteiger partial charge in [0.25, 0.3) is 0 Å². The lowest BCUT2D eigenvalue weighted by molar-refractivity contribution is 1.48. The first-order chi connectivity index (χ1) is 12.3. The highest BCUT2D eigenvalue weighted by Gasteiger charge is 2.08. The zero-order valence-electron chi connectivity index (χ0n) is 13.5. The molecule has 1 N–H and O–H groups in total. The molecule has 0 fully saturated rings. The van der Waals surface area contributed by atoms with Crippen LogP contribution in [0.25, 0.3) is 43.7 Å². The monoisotopic (exact) mass is 321 g/mol. The van der Waals surface area contributed by atoms with Gasteiger partial charge in [0.2, 0.25) is 0 Å². The van der Waals surface area contributed by atoms with Crippen LogP contribution in [0.1, 0.15) is 0 Å². The lowest BCUT2D eigenvalue weighted by Gasteiger charge is -2.07. The van der Waals surface area contributed by atoms with Crippen molar-refractivity contribution < 1.29 is 0 Å². The van der Waals surface area contributed by atoms with Gasteiger partial charge in [0, 0.05) is 10.8 Å². The third kappa shape index (κ3) is 2.23. The first kappa shape index (κ1) is 14.0. The number of aromatic amines is 1. The smallest absolute Gasteiger partial charge is 0.197 e. The lowest BCUT2D eigenvalue weighted by Crippen LogP contribution is -2.04. The zero-order chi connectivity index (χ0) is 16.8. The number of hydrogen-bond acceptors (Lipinski definition) is 1. The van der Waals surface area contributed by atoms with Crippen LogP contribution in [0.3, 0.4) is 0 Å². The molecule has 5 aromatic rings. The van der Waals surface area contributed by atoms with Gasteiger partial charge >= 0.3 is 0 Å². The molecule has 2 nitrogen and oxygen atoms in total. The molecule has 0 aliphatic heterocycles. The Labute approximate surface area is 144 Å². The molecular weight excluding hydrogens is 306 g/mol. The highest BCUT2D eigenvalue weighted by molar-refractivity contribution is 6.01. The molecule has 4 aromatic carbocycles. The molecular formula is C23H15NO. The maximum Gasteiger partial charge on any atom is 0.197 e. The van der Waals surface area contributed by atoms with Gasteiger partial charge in [0.1, 0.15) is 0 Å². The summed E-state index contributed by atoms with van der Waals surface area (Å²) in [5, 5.41) is 3.67. The number of nitrogens with one attached hydrogen (secondary N) is 1. The highest BCUT2D eigenvalue weighted by atomic mass is 16.1. The van der Waals surface area contributed by atoms with Gasteiger partial charge in [-0.2, -0.15) is 0 Å². The van der Waals surface area contributed by atoms with Gasteiger partial charge in [-0.05, 0) is 46.2 Å². The van der Waals surface area contributed by atoms with Crippen molar-refractivity contribution >= 4 is 32.6 Å². The summed E-state index contributed by atoms with van der Waals surface area (Å²) in [6.45, 7) is 0. The Balaban J connectivity index is 1.84. The third-order valence-electron chi connectivity index (χ3n) is 4.77. The molecule has 118 valence electrons. The maximum atomic E-state index is 13.0. The van der Waals surface area contributed by atoms with Gasteiger partial charge in [-0.3, -0.25) is 4.79 Å². The van der Waals surface area contributed by atoms with E-state index < -0.39 is 0 Å². The van der Waals surface area contributed by atoms with Crippen LogP contribution in [0.5, 0.6) is 0 Å².